The third-order valence-corrected chi connectivity index (χ3v) is 3.33. The minimum atomic E-state index is 0.231. The highest BCUT2D eigenvalue weighted by molar-refractivity contribution is 7.98. The number of nitrogens with zero attached hydrogens (tertiary/aromatic N) is 4. The number of nitrogens with two attached hydrogens (primary N) is 1. The highest BCUT2D eigenvalue weighted by atomic mass is 32.2. The third kappa shape index (κ3) is 2.02. The normalized spacial score (nSPS) is 12.9. The van der Waals surface area contributed by atoms with Gasteiger partial charge in [-0.25, -0.2) is 9.97 Å². The van der Waals surface area contributed by atoms with Crippen LogP contribution in [0.15, 0.2) is 6.33 Å². The average Bonchev–Trinajstić information content (AvgIpc) is 2.65. The number of fused-ring (bicyclic) bond motifs is 1. The second-order valence-corrected chi connectivity index (χ2v) is 4.61. The number of nitrogen functional groups attached to an aromatic ring is 1. The van der Waals surface area contributed by atoms with Gasteiger partial charge in [-0.05, 0) is 13.2 Å². The molecule has 7 heteroatoms. The van der Waals surface area contributed by atoms with Gasteiger partial charge in [-0.1, -0.05) is 0 Å². The topological polar surface area (TPSA) is 78.8 Å². The Labute approximate surface area is 104 Å². The molecule has 0 saturated carbocycles. The molecule has 2 N–H and O–H groups in total. The first kappa shape index (κ1) is 12.0. The minimum absolute atomic E-state index is 0.231. The molecule has 17 heavy (non-hydrogen) atoms. The average molecular weight is 253 g/mol. The lowest BCUT2D eigenvalue weighted by Crippen LogP contribution is -2.11. The Hall–Kier alpha value is -1.50. The van der Waals surface area contributed by atoms with Crippen molar-refractivity contribution in [2.75, 3.05) is 24.9 Å². The van der Waals surface area contributed by atoms with Gasteiger partial charge in [0.15, 0.2) is 11.2 Å². The fourth-order valence-corrected chi connectivity index (χ4v) is 2.44. The van der Waals surface area contributed by atoms with E-state index in [1.807, 2.05) is 4.57 Å². The van der Waals surface area contributed by atoms with E-state index in [1.54, 1.807) is 18.9 Å². The molecule has 0 amide bonds. The van der Waals surface area contributed by atoms with E-state index in [9.17, 15) is 0 Å². The van der Waals surface area contributed by atoms with Crippen LogP contribution in [0.4, 0.5) is 5.95 Å². The molecule has 0 aliphatic carbocycles. The van der Waals surface area contributed by atoms with Crippen LogP contribution >= 0.6 is 11.8 Å². The van der Waals surface area contributed by atoms with Crippen LogP contribution in [0, 0.1) is 0 Å². The zero-order chi connectivity index (χ0) is 12.4. The molecule has 6 nitrogen and oxygen atoms in total. The Morgan fingerprint density at radius 1 is 1.53 bits per heavy atom. The molecule has 1 atom stereocenters. The number of rotatable bonds is 4. The first-order chi connectivity index (χ1) is 8.19. The minimum Gasteiger partial charge on any atom is -0.479 e. The maximum absolute atomic E-state index is 5.93. The Morgan fingerprint density at radius 2 is 2.29 bits per heavy atom. The molecule has 0 bridgehead atoms. The summed E-state index contributed by atoms with van der Waals surface area (Å²) >= 11 is 1.76. The SMILES string of the molecule is COc1ncnc2c1nc(N)n2C(C)CSC. The summed E-state index contributed by atoms with van der Waals surface area (Å²) in [6.07, 6.45) is 3.52. The standard InChI is InChI=1S/C10H15N5OS/c1-6(4-17-3)15-8-7(14-10(15)11)9(16-2)13-5-12-8/h5-6H,4H2,1-3H3,(H2,11,14). The molecule has 2 heterocycles. The zero-order valence-corrected chi connectivity index (χ0v) is 10.9. The Bertz CT molecular complexity index is 527. The van der Waals surface area contributed by atoms with Crippen molar-refractivity contribution in [3.05, 3.63) is 6.33 Å². The molecule has 0 spiro atoms. The summed E-state index contributed by atoms with van der Waals surface area (Å²) in [6, 6.07) is 0.231. The molecule has 2 aromatic rings. The van der Waals surface area contributed by atoms with Gasteiger partial charge in [0.1, 0.15) is 6.33 Å². The molecule has 92 valence electrons. The largest absolute Gasteiger partial charge is 0.479 e. The van der Waals surface area contributed by atoms with Gasteiger partial charge in [0.25, 0.3) is 0 Å². The number of thioether (sulfide) groups is 1. The highest BCUT2D eigenvalue weighted by Crippen LogP contribution is 2.26. The van der Waals surface area contributed by atoms with Crippen LogP contribution in [0.1, 0.15) is 13.0 Å². The molecule has 0 aliphatic rings. The summed E-state index contributed by atoms with van der Waals surface area (Å²) in [6.45, 7) is 2.09. The van der Waals surface area contributed by atoms with Crippen LogP contribution in [-0.2, 0) is 0 Å². The van der Waals surface area contributed by atoms with Crippen LogP contribution in [0.5, 0.6) is 5.88 Å². The van der Waals surface area contributed by atoms with E-state index in [1.165, 1.54) is 6.33 Å². The Morgan fingerprint density at radius 3 is 2.94 bits per heavy atom. The van der Waals surface area contributed by atoms with Crippen molar-refractivity contribution in [3.63, 3.8) is 0 Å². The predicted molar refractivity (Wildman–Crippen MR) is 69.4 cm³/mol. The second kappa shape index (κ2) is 4.79. The predicted octanol–water partition coefficient (Wildman–Crippen LogP) is 1.34. The van der Waals surface area contributed by atoms with Crippen molar-refractivity contribution in [1.29, 1.82) is 0 Å². The van der Waals surface area contributed by atoms with Gasteiger partial charge in [-0.15, -0.1) is 0 Å². The quantitative estimate of drug-likeness (QED) is 0.885. The molecule has 1 unspecified atom stereocenters. The number of imidazole rings is 1. The lowest BCUT2D eigenvalue weighted by Gasteiger charge is -2.13. The summed E-state index contributed by atoms with van der Waals surface area (Å²) < 4.78 is 7.06. The number of hydrogen-bond donors (Lipinski definition) is 1. The first-order valence-corrected chi connectivity index (χ1v) is 6.59. The van der Waals surface area contributed by atoms with Crippen LogP contribution in [0.2, 0.25) is 0 Å². The lowest BCUT2D eigenvalue weighted by molar-refractivity contribution is 0.401. The molecular formula is C10H15N5OS. The van der Waals surface area contributed by atoms with Crippen molar-refractivity contribution in [2.24, 2.45) is 0 Å². The summed E-state index contributed by atoms with van der Waals surface area (Å²) in [7, 11) is 1.56. The number of hydrogen-bond acceptors (Lipinski definition) is 6. The van der Waals surface area contributed by atoms with Crippen molar-refractivity contribution >= 4 is 28.9 Å². The van der Waals surface area contributed by atoms with Gasteiger partial charge in [0.05, 0.1) is 7.11 Å². The summed E-state index contributed by atoms with van der Waals surface area (Å²) in [5, 5.41) is 0. The maximum Gasteiger partial charge on any atom is 0.245 e. The number of anilines is 1. The first-order valence-electron chi connectivity index (χ1n) is 5.20. The van der Waals surface area contributed by atoms with Gasteiger partial charge in [0, 0.05) is 11.8 Å². The van der Waals surface area contributed by atoms with Crippen LogP contribution in [-0.4, -0.2) is 38.6 Å². The van der Waals surface area contributed by atoms with Crippen LogP contribution in [0.25, 0.3) is 11.2 Å². The molecule has 2 aromatic heterocycles. The Kier molecular flexibility index (Phi) is 3.37. The molecule has 0 aliphatic heterocycles. The second-order valence-electron chi connectivity index (χ2n) is 3.70. The van der Waals surface area contributed by atoms with E-state index in [-0.39, 0.29) is 6.04 Å². The van der Waals surface area contributed by atoms with E-state index in [0.29, 0.717) is 17.3 Å². The Balaban J connectivity index is 2.59. The molecule has 0 saturated heterocycles. The van der Waals surface area contributed by atoms with E-state index < -0.39 is 0 Å². The van der Waals surface area contributed by atoms with Crippen molar-refractivity contribution < 1.29 is 4.74 Å². The smallest absolute Gasteiger partial charge is 0.245 e. The zero-order valence-electron chi connectivity index (χ0n) is 10.0. The fraction of sp³-hybridized carbons (Fsp3) is 0.500. The van der Waals surface area contributed by atoms with E-state index in [0.717, 1.165) is 11.4 Å². The van der Waals surface area contributed by atoms with Crippen LogP contribution in [0.3, 0.4) is 0 Å². The van der Waals surface area contributed by atoms with E-state index in [2.05, 4.69) is 28.1 Å². The molecule has 0 aromatic carbocycles. The molecule has 2 rings (SSSR count). The number of ether oxygens (including phenoxy) is 1. The number of aromatic nitrogens is 4. The van der Waals surface area contributed by atoms with Gasteiger partial charge in [0.2, 0.25) is 11.8 Å². The third-order valence-electron chi connectivity index (χ3n) is 2.51. The van der Waals surface area contributed by atoms with Gasteiger partial charge in [-0.3, -0.25) is 4.57 Å². The van der Waals surface area contributed by atoms with Crippen molar-refractivity contribution in [1.82, 2.24) is 19.5 Å². The van der Waals surface area contributed by atoms with Crippen molar-refractivity contribution in [2.45, 2.75) is 13.0 Å². The summed E-state index contributed by atoms with van der Waals surface area (Å²) in [5.74, 6) is 1.85. The van der Waals surface area contributed by atoms with Gasteiger partial charge in [-0.2, -0.15) is 16.7 Å². The highest BCUT2D eigenvalue weighted by Gasteiger charge is 2.17. The van der Waals surface area contributed by atoms with Crippen molar-refractivity contribution in [3.8, 4) is 5.88 Å². The molecule has 0 radical (unpaired) electrons. The molecule has 0 fully saturated rings. The van der Waals surface area contributed by atoms with E-state index in [4.69, 9.17) is 10.5 Å². The summed E-state index contributed by atoms with van der Waals surface area (Å²) in [5.41, 5.74) is 7.26. The lowest BCUT2D eigenvalue weighted by atomic mass is 10.4. The van der Waals surface area contributed by atoms with E-state index >= 15 is 0 Å². The van der Waals surface area contributed by atoms with Gasteiger partial charge < -0.3 is 10.5 Å². The van der Waals surface area contributed by atoms with Gasteiger partial charge >= 0.3 is 0 Å². The fourth-order valence-electron chi connectivity index (χ4n) is 1.80. The number of methoxy groups -OCH3 is 1. The monoisotopic (exact) mass is 253 g/mol. The molecular weight excluding hydrogens is 238 g/mol. The summed E-state index contributed by atoms with van der Waals surface area (Å²) in [4.78, 5) is 12.5. The maximum atomic E-state index is 5.93. The van der Waals surface area contributed by atoms with Crippen LogP contribution < -0.4 is 10.5 Å².